The Bertz CT molecular complexity index is 361. The maximum Gasteiger partial charge on any atom is 0.170 e. The minimum absolute atomic E-state index is 0.0344. The molecule has 2 heteroatoms. The highest BCUT2D eigenvalue weighted by molar-refractivity contribution is 6.20. The van der Waals surface area contributed by atoms with Gasteiger partial charge in [-0.05, 0) is 25.0 Å². The first-order valence-electron chi connectivity index (χ1n) is 5.19. The van der Waals surface area contributed by atoms with Crippen molar-refractivity contribution in [3.05, 3.63) is 24.3 Å². The van der Waals surface area contributed by atoms with Gasteiger partial charge in [0.1, 0.15) is 5.41 Å². The molecule has 3 rings (SSSR count). The Balaban J connectivity index is 2.23. The molecule has 0 aromatic carbocycles. The lowest BCUT2D eigenvalue weighted by Crippen LogP contribution is -2.46. The van der Waals surface area contributed by atoms with Crippen molar-refractivity contribution in [2.24, 2.45) is 10.8 Å². The van der Waals surface area contributed by atoms with Gasteiger partial charge in [0.05, 0.1) is 0 Å². The summed E-state index contributed by atoms with van der Waals surface area (Å²) in [6.45, 7) is 0. The van der Waals surface area contributed by atoms with Gasteiger partial charge in [0.15, 0.2) is 11.6 Å². The molecule has 14 heavy (non-hydrogen) atoms. The Hall–Kier alpha value is -1.18. The van der Waals surface area contributed by atoms with Gasteiger partial charge >= 0.3 is 0 Å². The topological polar surface area (TPSA) is 34.1 Å². The number of carbonyl (C=O) groups is 2. The molecular formula is C12H12O2. The van der Waals surface area contributed by atoms with Crippen LogP contribution in [0.5, 0.6) is 0 Å². The van der Waals surface area contributed by atoms with Gasteiger partial charge in [0, 0.05) is 5.41 Å². The average Bonchev–Trinajstić information content (AvgIpc) is 2.67. The molecule has 0 N–H and O–H groups in total. The largest absolute Gasteiger partial charge is 0.294 e. The van der Waals surface area contributed by atoms with Gasteiger partial charge in [0.2, 0.25) is 0 Å². The summed E-state index contributed by atoms with van der Waals surface area (Å²) in [6.07, 6.45) is 11.0. The van der Waals surface area contributed by atoms with Gasteiger partial charge in [-0.15, -0.1) is 0 Å². The molecule has 3 aliphatic carbocycles. The number of allylic oxidation sites excluding steroid dienone is 4. The van der Waals surface area contributed by atoms with Crippen LogP contribution in [0, 0.1) is 10.8 Å². The summed E-state index contributed by atoms with van der Waals surface area (Å²) in [5, 5.41) is 0. The molecule has 1 saturated carbocycles. The quantitative estimate of drug-likeness (QED) is 0.543. The second kappa shape index (κ2) is 2.25. The second-order valence-corrected chi connectivity index (χ2v) is 4.55. The van der Waals surface area contributed by atoms with Crippen molar-refractivity contribution in [1.29, 1.82) is 0 Å². The van der Waals surface area contributed by atoms with Gasteiger partial charge in [-0.25, -0.2) is 0 Å². The molecular weight excluding hydrogens is 176 g/mol. The summed E-state index contributed by atoms with van der Waals surface area (Å²) in [6, 6.07) is 0. The van der Waals surface area contributed by atoms with Crippen molar-refractivity contribution < 1.29 is 9.59 Å². The normalized spacial score (nSPS) is 44.3. The molecule has 0 spiro atoms. The van der Waals surface area contributed by atoms with Crippen LogP contribution in [0.3, 0.4) is 0 Å². The maximum absolute atomic E-state index is 11.9. The molecule has 0 atom stereocenters. The summed E-state index contributed by atoms with van der Waals surface area (Å²) in [5.41, 5.74) is -0.940. The summed E-state index contributed by atoms with van der Waals surface area (Å²) in [5.74, 6) is 0.0689. The Morgan fingerprint density at radius 3 is 2.07 bits per heavy atom. The van der Waals surface area contributed by atoms with Crippen LogP contribution in [0.4, 0.5) is 0 Å². The fourth-order valence-corrected chi connectivity index (χ4v) is 3.32. The van der Waals surface area contributed by atoms with Crippen LogP contribution in [0.2, 0.25) is 0 Å². The van der Waals surface area contributed by atoms with Crippen LogP contribution in [-0.4, -0.2) is 11.6 Å². The molecule has 2 nitrogen and oxygen atoms in total. The summed E-state index contributed by atoms with van der Waals surface area (Å²) < 4.78 is 0. The molecule has 0 unspecified atom stereocenters. The van der Waals surface area contributed by atoms with Gasteiger partial charge in [-0.1, -0.05) is 25.0 Å². The zero-order chi connectivity index (χ0) is 9.81. The van der Waals surface area contributed by atoms with Gasteiger partial charge in [-0.2, -0.15) is 0 Å². The van der Waals surface area contributed by atoms with Crippen LogP contribution in [0.25, 0.3) is 0 Å². The number of hydrogen-bond donors (Lipinski definition) is 0. The lowest BCUT2D eigenvalue weighted by Gasteiger charge is -2.41. The summed E-state index contributed by atoms with van der Waals surface area (Å²) >= 11 is 0. The minimum atomic E-state index is -0.703. The summed E-state index contributed by atoms with van der Waals surface area (Å²) in [4.78, 5) is 23.7. The molecule has 3 aliphatic rings. The monoisotopic (exact) mass is 188 g/mol. The van der Waals surface area contributed by atoms with Gasteiger partial charge < -0.3 is 0 Å². The summed E-state index contributed by atoms with van der Waals surface area (Å²) in [7, 11) is 0. The van der Waals surface area contributed by atoms with Gasteiger partial charge in [-0.3, -0.25) is 9.59 Å². The second-order valence-electron chi connectivity index (χ2n) is 4.55. The van der Waals surface area contributed by atoms with Crippen LogP contribution >= 0.6 is 0 Å². The predicted octanol–water partition coefficient (Wildman–Crippen LogP) is 1.81. The van der Waals surface area contributed by atoms with E-state index in [4.69, 9.17) is 0 Å². The SMILES string of the molecule is O=C1C=CC23C=CC(=O)C12CCCC3. The third-order valence-electron chi connectivity index (χ3n) is 4.09. The number of rotatable bonds is 0. The predicted molar refractivity (Wildman–Crippen MR) is 51.6 cm³/mol. The van der Waals surface area contributed by atoms with Crippen LogP contribution in [0.1, 0.15) is 25.7 Å². The van der Waals surface area contributed by atoms with E-state index < -0.39 is 5.41 Å². The third-order valence-corrected chi connectivity index (χ3v) is 4.09. The van der Waals surface area contributed by atoms with Crippen LogP contribution in [0.15, 0.2) is 24.3 Å². The first-order chi connectivity index (χ1) is 6.71. The first-order valence-corrected chi connectivity index (χ1v) is 5.19. The molecule has 0 radical (unpaired) electrons. The van der Waals surface area contributed by atoms with Crippen molar-refractivity contribution in [3.8, 4) is 0 Å². The highest BCUT2D eigenvalue weighted by Gasteiger charge is 2.63. The maximum atomic E-state index is 11.9. The van der Waals surface area contributed by atoms with Crippen LogP contribution < -0.4 is 0 Å². The zero-order valence-electron chi connectivity index (χ0n) is 7.95. The Morgan fingerprint density at radius 2 is 1.50 bits per heavy atom. The van der Waals surface area contributed by atoms with Crippen molar-refractivity contribution in [1.82, 2.24) is 0 Å². The van der Waals surface area contributed by atoms with Crippen molar-refractivity contribution in [2.75, 3.05) is 0 Å². The molecule has 1 fully saturated rings. The standard InChI is InChI=1S/C12H12O2/c13-9-3-7-11-5-1-2-6-12(9,11)10(14)4-8-11/h3-4,7-8H,1-2,5-6H2. The molecule has 0 aromatic rings. The van der Waals surface area contributed by atoms with E-state index >= 15 is 0 Å². The molecule has 0 saturated heterocycles. The third kappa shape index (κ3) is 0.626. The van der Waals surface area contributed by atoms with E-state index in [1.807, 2.05) is 12.2 Å². The van der Waals surface area contributed by atoms with E-state index in [1.54, 1.807) is 12.2 Å². The molecule has 0 heterocycles. The minimum Gasteiger partial charge on any atom is -0.294 e. The van der Waals surface area contributed by atoms with E-state index in [0.717, 1.165) is 25.7 Å². The van der Waals surface area contributed by atoms with E-state index in [1.165, 1.54) is 0 Å². The zero-order valence-corrected chi connectivity index (χ0v) is 7.95. The molecule has 72 valence electrons. The van der Waals surface area contributed by atoms with Crippen molar-refractivity contribution in [2.45, 2.75) is 25.7 Å². The number of ketones is 2. The Kier molecular flexibility index (Phi) is 1.31. The van der Waals surface area contributed by atoms with E-state index in [0.29, 0.717) is 0 Å². The Labute approximate surface area is 82.7 Å². The van der Waals surface area contributed by atoms with Crippen LogP contribution in [-0.2, 0) is 9.59 Å². The smallest absolute Gasteiger partial charge is 0.170 e. The fourth-order valence-electron chi connectivity index (χ4n) is 3.32. The lowest BCUT2D eigenvalue weighted by atomic mass is 9.58. The molecule has 0 aliphatic heterocycles. The van der Waals surface area contributed by atoms with Crippen molar-refractivity contribution in [3.63, 3.8) is 0 Å². The molecule has 0 bridgehead atoms. The molecule has 0 amide bonds. The average molecular weight is 188 g/mol. The molecule has 0 aromatic heterocycles. The van der Waals surface area contributed by atoms with Crippen molar-refractivity contribution >= 4 is 11.6 Å². The lowest BCUT2D eigenvalue weighted by molar-refractivity contribution is -0.139. The first kappa shape index (κ1) is 8.16. The highest BCUT2D eigenvalue weighted by atomic mass is 16.2. The van der Waals surface area contributed by atoms with E-state index in [-0.39, 0.29) is 17.0 Å². The fraction of sp³-hybridized carbons (Fsp3) is 0.500. The Morgan fingerprint density at radius 1 is 0.929 bits per heavy atom. The highest BCUT2D eigenvalue weighted by Crippen LogP contribution is 2.60. The van der Waals surface area contributed by atoms with E-state index in [9.17, 15) is 9.59 Å². The van der Waals surface area contributed by atoms with E-state index in [2.05, 4.69) is 0 Å². The van der Waals surface area contributed by atoms with Gasteiger partial charge in [0.25, 0.3) is 0 Å². The number of carbonyl (C=O) groups excluding carboxylic acids is 2. The number of hydrogen-bond acceptors (Lipinski definition) is 2.